The van der Waals surface area contributed by atoms with Gasteiger partial charge in [0, 0.05) is 17.2 Å². The molecule has 0 N–H and O–H groups in total. The van der Waals surface area contributed by atoms with Gasteiger partial charge in [0.25, 0.3) is 0 Å². The third kappa shape index (κ3) is 3.25. The first kappa shape index (κ1) is 15.3. The van der Waals surface area contributed by atoms with Crippen molar-refractivity contribution in [3.8, 4) is 0 Å². The first-order valence-electron chi connectivity index (χ1n) is 7.50. The monoisotopic (exact) mass is 370 g/mol. The number of alkyl halides is 1. The van der Waals surface area contributed by atoms with Gasteiger partial charge >= 0.3 is 0 Å². The Morgan fingerprint density at radius 1 is 1.38 bits per heavy atom. The van der Waals surface area contributed by atoms with Crippen LogP contribution in [0.5, 0.6) is 0 Å². The van der Waals surface area contributed by atoms with E-state index in [0.717, 1.165) is 34.6 Å². The maximum absolute atomic E-state index is 6.08. The van der Waals surface area contributed by atoms with Crippen LogP contribution in [0.15, 0.2) is 16.7 Å². The molecule has 21 heavy (non-hydrogen) atoms. The number of aromatic nitrogens is 3. The van der Waals surface area contributed by atoms with E-state index >= 15 is 0 Å². The molecule has 1 fully saturated rings. The lowest BCUT2D eigenvalue weighted by Gasteiger charge is -2.31. The second-order valence-electron chi connectivity index (χ2n) is 5.65. The van der Waals surface area contributed by atoms with E-state index in [0.29, 0.717) is 11.8 Å². The van der Waals surface area contributed by atoms with Crippen LogP contribution in [0.2, 0.25) is 0 Å². The summed E-state index contributed by atoms with van der Waals surface area (Å²) in [7, 11) is 0. The van der Waals surface area contributed by atoms with Crippen LogP contribution < -0.4 is 0 Å². The molecule has 0 unspecified atom stereocenters. The molecule has 4 nitrogen and oxygen atoms in total. The fraction of sp³-hybridized carbons (Fsp3) is 0.600. The lowest BCUT2D eigenvalue weighted by molar-refractivity contribution is 0.181. The summed E-state index contributed by atoms with van der Waals surface area (Å²) in [6, 6.07) is 2.01. The molecular formula is C15H20BrClN4. The summed E-state index contributed by atoms with van der Waals surface area (Å²) in [5.74, 6) is 2.05. The molecule has 3 rings (SSSR count). The van der Waals surface area contributed by atoms with E-state index in [9.17, 15) is 0 Å². The van der Waals surface area contributed by atoms with Gasteiger partial charge in [-0.15, -0.1) is 11.6 Å². The van der Waals surface area contributed by atoms with Crippen LogP contribution in [0.1, 0.15) is 25.6 Å². The van der Waals surface area contributed by atoms with E-state index in [1.54, 1.807) is 0 Å². The molecule has 0 amide bonds. The van der Waals surface area contributed by atoms with Crippen molar-refractivity contribution in [2.45, 2.75) is 32.2 Å². The number of likely N-dealkylation sites (tertiary alicyclic amines) is 1. The van der Waals surface area contributed by atoms with E-state index in [1.807, 2.05) is 12.3 Å². The lowest BCUT2D eigenvalue weighted by Crippen LogP contribution is -2.34. The van der Waals surface area contributed by atoms with Gasteiger partial charge in [0.15, 0.2) is 5.65 Å². The summed E-state index contributed by atoms with van der Waals surface area (Å²) in [5, 5.41) is 0. The van der Waals surface area contributed by atoms with Gasteiger partial charge in [-0.05, 0) is 60.4 Å². The minimum Gasteiger partial charge on any atom is -0.311 e. The Bertz CT molecular complexity index is 619. The van der Waals surface area contributed by atoms with Gasteiger partial charge in [-0.25, -0.2) is 9.97 Å². The zero-order valence-corrected chi connectivity index (χ0v) is 14.6. The molecule has 0 atom stereocenters. The molecule has 0 aromatic carbocycles. The number of imidazole rings is 1. The minimum atomic E-state index is 0.432. The quantitative estimate of drug-likeness (QED) is 0.769. The van der Waals surface area contributed by atoms with E-state index in [2.05, 4.69) is 42.3 Å². The molecule has 2 aromatic heterocycles. The molecule has 114 valence electrons. The third-order valence-corrected chi connectivity index (χ3v) is 5.02. The molecular weight excluding hydrogens is 352 g/mol. The van der Waals surface area contributed by atoms with Crippen LogP contribution >= 0.6 is 27.5 Å². The first-order valence-corrected chi connectivity index (χ1v) is 8.83. The molecule has 6 heteroatoms. The van der Waals surface area contributed by atoms with Crippen molar-refractivity contribution in [3.05, 3.63) is 22.6 Å². The van der Waals surface area contributed by atoms with Crippen molar-refractivity contribution in [1.29, 1.82) is 0 Å². The van der Waals surface area contributed by atoms with E-state index in [4.69, 9.17) is 11.6 Å². The molecule has 0 bridgehead atoms. The molecule has 1 saturated heterocycles. The topological polar surface area (TPSA) is 34.0 Å². The van der Waals surface area contributed by atoms with Crippen molar-refractivity contribution in [3.63, 3.8) is 0 Å². The second-order valence-corrected chi connectivity index (χ2v) is 6.83. The Kier molecular flexibility index (Phi) is 4.82. The Morgan fingerprint density at radius 2 is 2.14 bits per heavy atom. The fourth-order valence-corrected chi connectivity index (χ4v) is 3.59. The standard InChI is InChI=1S/C15H20BrClN4/c1-2-20-5-3-11(4-6-20)10-21-14(8-17)19-13-7-12(16)9-18-15(13)21/h7,9,11H,2-6,8,10H2,1H3. The highest BCUT2D eigenvalue weighted by atomic mass is 79.9. The van der Waals surface area contributed by atoms with Crippen molar-refractivity contribution in [2.75, 3.05) is 19.6 Å². The number of halogens is 2. The highest BCUT2D eigenvalue weighted by Crippen LogP contribution is 2.24. The van der Waals surface area contributed by atoms with Crippen LogP contribution in [0.25, 0.3) is 11.2 Å². The number of hydrogen-bond acceptors (Lipinski definition) is 3. The average molecular weight is 372 g/mol. The predicted molar refractivity (Wildman–Crippen MR) is 89.6 cm³/mol. The van der Waals surface area contributed by atoms with Gasteiger partial charge in [0.2, 0.25) is 0 Å². The van der Waals surface area contributed by atoms with Crippen LogP contribution in [-0.4, -0.2) is 39.1 Å². The molecule has 3 heterocycles. The Balaban J connectivity index is 1.83. The van der Waals surface area contributed by atoms with Crippen molar-refractivity contribution < 1.29 is 0 Å². The number of rotatable bonds is 4. The van der Waals surface area contributed by atoms with Gasteiger partial charge in [-0.2, -0.15) is 0 Å². The Labute approximate surface area is 138 Å². The zero-order chi connectivity index (χ0) is 14.8. The van der Waals surface area contributed by atoms with Gasteiger partial charge < -0.3 is 9.47 Å². The lowest BCUT2D eigenvalue weighted by atomic mass is 9.96. The summed E-state index contributed by atoms with van der Waals surface area (Å²) in [4.78, 5) is 11.7. The molecule has 0 saturated carbocycles. The Hall–Kier alpha value is -0.650. The molecule has 0 radical (unpaired) electrons. The minimum absolute atomic E-state index is 0.432. The van der Waals surface area contributed by atoms with Gasteiger partial charge in [0.05, 0.1) is 5.88 Å². The highest BCUT2D eigenvalue weighted by Gasteiger charge is 2.21. The highest BCUT2D eigenvalue weighted by molar-refractivity contribution is 9.10. The molecule has 1 aliphatic rings. The van der Waals surface area contributed by atoms with E-state index < -0.39 is 0 Å². The smallest absolute Gasteiger partial charge is 0.160 e. The normalized spacial score (nSPS) is 17.7. The Morgan fingerprint density at radius 3 is 2.81 bits per heavy atom. The van der Waals surface area contributed by atoms with E-state index in [1.165, 1.54) is 25.9 Å². The van der Waals surface area contributed by atoms with Gasteiger partial charge in [-0.3, -0.25) is 0 Å². The number of piperidine rings is 1. The third-order valence-electron chi connectivity index (χ3n) is 4.35. The SMILES string of the molecule is CCN1CCC(Cn2c(CCl)nc3cc(Br)cnc32)CC1. The summed E-state index contributed by atoms with van der Waals surface area (Å²) in [6.45, 7) is 6.76. The van der Waals surface area contributed by atoms with Crippen LogP contribution in [0.3, 0.4) is 0 Å². The van der Waals surface area contributed by atoms with Crippen molar-refractivity contribution >= 4 is 38.7 Å². The first-order chi connectivity index (χ1) is 10.2. The van der Waals surface area contributed by atoms with Crippen LogP contribution in [0.4, 0.5) is 0 Å². The summed E-state index contributed by atoms with van der Waals surface area (Å²) in [6.07, 6.45) is 4.32. The number of pyridine rings is 1. The number of hydrogen-bond donors (Lipinski definition) is 0. The molecule has 2 aromatic rings. The zero-order valence-electron chi connectivity index (χ0n) is 12.2. The summed E-state index contributed by atoms with van der Waals surface area (Å²) in [5.41, 5.74) is 1.87. The van der Waals surface area contributed by atoms with Gasteiger partial charge in [-0.1, -0.05) is 6.92 Å². The second kappa shape index (κ2) is 6.63. The molecule has 0 spiro atoms. The maximum atomic E-state index is 6.08. The van der Waals surface area contributed by atoms with Crippen LogP contribution in [0, 0.1) is 5.92 Å². The summed E-state index contributed by atoms with van der Waals surface area (Å²) >= 11 is 9.53. The molecule has 1 aliphatic heterocycles. The maximum Gasteiger partial charge on any atom is 0.160 e. The largest absolute Gasteiger partial charge is 0.311 e. The number of nitrogens with zero attached hydrogens (tertiary/aromatic N) is 4. The predicted octanol–water partition coefficient (Wildman–Crippen LogP) is 3.66. The fourth-order valence-electron chi connectivity index (χ4n) is 3.07. The van der Waals surface area contributed by atoms with Gasteiger partial charge in [0.1, 0.15) is 11.3 Å². The van der Waals surface area contributed by atoms with Crippen molar-refractivity contribution in [1.82, 2.24) is 19.4 Å². The van der Waals surface area contributed by atoms with Crippen molar-refractivity contribution in [2.24, 2.45) is 5.92 Å². The average Bonchev–Trinajstić information content (AvgIpc) is 2.85. The van der Waals surface area contributed by atoms with E-state index in [-0.39, 0.29) is 0 Å². The summed E-state index contributed by atoms with van der Waals surface area (Å²) < 4.78 is 3.16. The van der Waals surface area contributed by atoms with Crippen LogP contribution in [-0.2, 0) is 12.4 Å². The molecule has 0 aliphatic carbocycles. The number of fused-ring (bicyclic) bond motifs is 1.